The van der Waals surface area contributed by atoms with Gasteiger partial charge in [-0.1, -0.05) is 0 Å². The van der Waals surface area contributed by atoms with Crippen molar-refractivity contribution in [1.29, 1.82) is 0 Å². The molecule has 116 valence electrons. The van der Waals surface area contributed by atoms with Crippen molar-refractivity contribution in [3.63, 3.8) is 0 Å². The standard InChI is InChI=1S/C13H24N4S2.HI/c1-4-14-13(15-7-5-6-8-18-3)16-9-12-11(2)17-10-19-12;/h10H,4-9H2,1-3H3,(H2,14,15,16);1H. The Morgan fingerprint density at radius 3 is 2.80 bits per heavy atom. The summed E-state index contributed by atoms with van der Waals surface area (Å²) in [6.07, 6.45) is 4.59. The minimum Gasteiger partial charge on any atom is -0.357 e. The van der Waals surface area contributed by atoms with Crippen molar-refractivity contribution in [3.8, 4) is 0 Å². The second-order valence-corrected chi connectivity index (χ2v) is 6.11. The van der Waals surface area contributed by atoms with Crippen LogP contribution in [-0.4, -0.2) is 36.0 Å². The van der Waals surface area contributed by atoms with E-state index in [1.165, 1.54) is 23.5 Å². The lowest BCUT2D eigenvalue weighted by molar-refractivity contribution is 0.734. The van der Waals surface area contributed by atoms with Gasteiger partial charge in [-0.25, -0.2) is 9.98 Å². The van der Waals surface area contributed by atoms with Gasteiger partial charge in [-0.05, 0) is 38.7 Å². The normalized spacial score (nSPS) is 11.1. The van der Waals surface area contributed by atoms with Crippen LogP contribution < -0.4 is 10.6 Å². The first-order valence-corrected chi connectivity index (χ1v) is 8.95. The molecule has 0 bridgehead atoms. The fourth-order valence-corrected chi connectivity index (χ4v) is 2.74. The molecule has 0 aliphatic carbocycles. The highest BCUT2D eigenvalue weighted by Crippen LogP contribution is 2.12. The average molecular weight is 428 g/mol. The first-order valence-electron chi connectivity index (χ1n) is 6.68. The highest BCUT2D eigenvalue weighted by molar-refractivity contribution is 14.0. The Bertz CT molecular complexity index is 382. The third-order valence-corrected chi connectivity index (χ3v) is 4.25. The fourth-order valence-electron chi connectivity index (χ4n) is 1.55. The second-order valence-electron chi connectivity index (χ2n) is 4.18. The van der Waals surface area contributed by atoms with Crippen molar-refractivity contribution in [2.75, 3.05) is 25.1 Å². The van der Waals surface area contributed by atoms with Crippen LogP contribution in [0.3, 0.4) is 0 Å². The molecule has 0 aliphatic rings. The molecule has 0 unspecified atom stereocenters. The van der Waals surface area contributed by atoms with Gasteiger partial charge in [0.2, 0.25) is 0 Å². The zero-order valence-corrected chi connectivity index (χ0v) is 16.4. The van der Waals surface area contributed by atoms with Crippen LogP contribution in [0, 0.1) is 6.92 Å². The molecule has 1 heterocycles. The summed E-state index contributed by atoms with van der Waals surface area (Å²) in [5.74, 6) is 2.13. The molecule has 0 aliphatic heterocycles. The number of thioether (sulfide) groups is 1. The lowest BCUT2D eigenvalue weighted by atomic mass is 10.3. The number of aliphatic imine (C=N–C) groups is 1. The van der Waals surface area contributed by atoms with Gasteiger partial charge < -0.3 is 10.6 Å². The third kappa shape index (κ3) is 8.31. The monoisotopic (exact) mass is 428 g/mol. The molecule has 1 aromatic rings. The first kappa shape index (κ1) is 20.0. The van der Waals surface area contributed by atoms with Gasteiger partial charge in [-0.15, -0.1) is 35.3 Å². The van der Waals surface area contributed by atoms with E-state index in [9.17, 15) is 0 Å². The molecular formula is C13H25IN4S2. The van der Waals surface area contributed by atoms with E-state index in [1.54, 1.807) is 11.3 Å². The number of halogens is 1. The van der Waals surface area contributed by atoms with E-state index in [0.29, 0.717) is 6.54 Å². The van der Waals surface area contributed by atoms with Gasteiger partial charge in [0, 0.05) is 18.0 Å². The Morgan fingerprint density at radius 2 is 2.20 bits per heavy atom. The summed E-state index contributed by atoms with van der Waals surface area (Å²) in [4.78, 5) is 10.1. The Balaban J connectivity index is 0.00000361. The van der Waals surface area contributed by atoms with E-state index in [1.807, 2.05) is 24.2 Å². The van der Waals surface area contributed by atoms with Crippen LogP contribution in [0.1, 0.15) is 30.3 Å². The Morgan fingerprint density at radius 1 is 1.40 bits per heavy atom. The Kier molecular flexibility index (Phi) is 12.7. The van der Waals surface area contributed by atoms with Crippen LogP contribution in [0.25, 0.3) is 0 Å². The minimum atomic E-state index is 0. The van der Waals surface area contributed by atoms with E-state index >= 15 is 0 Å². The van der Waals surface area contributed by atoms with E-state index in [4.69, 9.17) is 0 Å². The summed E-state index contributed by atoms with van der Waals surface area (Å²) in [6.45, 7) is 6.69. The maximum Gasteiger partial charge on any atom is 0.191 e. The molecule has 0 radical (unpaired) electrons. The van der Waals surface area contributed by atoms with Crippen molar-refractivity contribution in [2.24, 2.45) is 4.99 Å². The predicted molar refractivity (Wildman–Crippen MR) is 103 cm³/mol. The zero-order valence-electron chi connectivity index (χ0n) is 12.4. The summed E-state index contributed by atoms with van der Waals surface area (Å²) in [5, 5.41) is 6.65. The smallest absolute Gasteiger partial charge is 0.191 e. The third-order valence-electron chi connectivity index (χ3n) is 2.64. The number of aryl methyl sites for hydroxylation is 1. The van der Waals surface area contributed by atoms with Crippen LogP contribution in [0.15, 0.2) is 10.5 Å². The maximum absolute atomic E-state index is 4.59. The summed E-state index contributed by atoms with van der Waals surface area (Å²) < 4.78 is 0. The lowest BCUT2D eigenvalue weighted by Gasteiger charge is -2.10. The quantitative estimate of drug-likeness (QED) is 0.289. The summed E-state index contributed by atoms with van der Waals surface area (Å²) in [7, 11) is 0. The molecular weight excluding hydrogens is 403 g/mol. The van der Waals surface area contributed by atoms with Crippen LogP contribution in [-0.2, 0) is 6.54 Å². The van der Waals surface area contributed by atoms with Gasteiger partial charge in [0.15, 0.2) is 5.96 Å². The molecule has 1 rings (SSSR count). The molecule has 20 heavy (non-hydrogen) atoms. The van der Waals surface area contributed by atoms with E-state index in [-0.39, 0.29) is 24.0 Å². The largest absolute Gasteiger partial charge is 0.357 e. The Hall–Kier alpha value is -0.0200. The van der Waals surface area contributed by atoms with Gasteiger partial charge in [-0.3, -0.25) is 0 Å². The van der Waals surface area contributed by atoms with Crippen molar-refractivity contribution < 1.29 is 0 Å². The predicted octanol–water partition coefficient (Wildman–Crippen LogP) is 3.27. The molecule has 0 aromatic carbocycles. The number of hydrogen-bond acceptors (Lipinski definition) is 4. The second kappa shape index (κ2) is 12.7. The molecule has 4 nitrogen and oxygen atoms in total. The molecule has 2 N–H and O–H groups in total. The van der Waals surface area contributed by atoms with E-state index in [0.717, 1.165) is 24.7 Å². The number of unbranched alkanes of at least 4 members (excludes halogenated alkanes) is 1. The number of nitrogens with zero attached hydrogens (tertiary/aromatic N) is 2. The van der Waals surface area contributed by atoms with Crippen LogP contribution in [0.2, 0.25) is 0 Å². The van der Waals surface area contributed by atoms with Gasteiger partial charge in [-0.2, -0.15) is 11.8 Å². The topological polar surface area (TPSA) is 49.3 Å². The minimum absolute atomic E-state index is 0. The molecule has 0 saturated heterocycles. The fraction of sp³-hybridized carbons (Fsp3) is 0.692. The average Bonchev–Trinajstić information content (AvgIpc) is 2.81. The summed E-state index contributed by atoms with van der Waals surface area (Å²) >= 11 is 3.57. The first-order chi connectivity index (χ1) is 9.27. The maximum atomic E-state index is 4.59. The summed E-state index contributed by atoms with van der Waals surface area (Å²) in [6, 6.07) is 0. The molecule has 1 aromatic heterocycles. The SMILES string of the molecule is CCNC(=NCc1scnc1C)NCCCCSC.I. The number of aromatic nitrogens is 1. The van der Waals surface area contributed by atoms with E-state index in [2.05, 4.69) is 33.8 Å². The van der Waals surface area contributed by atoms with Crippen LogP contribution in [0.5, 0.6) is 0 Å². The Labute approximate surface area is 147 Å². The van der Waals surface area contributed by atoms with Crippen molar-refractivity contribution in [2.45, 2.75) is 33.2 Å². The highest BCUT2D eigenvalue weighted by atomic mass is 127. The zero-order chi connectivity index (χ0) is 13.9. The van der Waals surface area contributed by atoms with Crippen molar-refractivity contribution in [1.82, 2.24) is 15.6 Å². The molecule has 0 atom stereocenters. The number of nitrogens with one attached hydrogen (secondary N) is 2. The van der Waals surface area contributed by atoms with Gasteiger partial charge in [0.25, 0.3) is 0 Å². The lowest BCUT2D eigenvalue weighted by Crippen LogP contribution is -2.37. The highest BCUT2D eigenvalue weighted by Gasteiger charge is 2.01. The molecule has 0 amide bonds. The number of guanidine groups is 1. The van der Waals surface area contributed by atoms with Gasteiger partial charge in [0.05, 0.1) is 17.7 Å². The van der Waals surface area contributed by atoms with Crippen molar-refractivity contribution >= 4 is 53.0 Å². The number of thiazole rings is 1. The van der Waals surface area contributed by atoms with Crippen LogP contribution in [0.4, 0.5) is 0 Å². The molecule has 0 spiro atoms. The molecule has 0 saturated carbocycles. The number of hydrogen-bond donors (Lipinski definition) is 2. The van der Waals surface area contributed by atoms with Gasteiger partial charge in [0.1, 0.15) is 0 Å². The molecule has 0 fully saturated rings. The summed E-state index contributed by atoms with van der Waals surface area (Å²) in [5.41, 5.74) is 2.97. The molecule has 7 heteroatoms. The van der Waals surface area contributed by atoms with Crippen molar-refractivity contribution in [3.05, 3.63) is 16.1 Å². The van der Waals surface area contributed by atoms with Gasteiger partial charge >= 0.3 is 0 Å². The number of rotatable bonds is 8. The van der Waals surface area contributed by atoms with Crippen LogP contribution >= 0.6 is 47.1 Å². The van der Waals surface area contributed by atoms with E-state index < -0.39 is 0 Å².